The SMILES string of the molecule is Clc1ccc(-c2nnc(-c3ccco3)c3nocc23)cc1. The van der Waals surface area contributed by atoms with Gasteiger partial charge in [-0.05, 0) is 24.3 Å². The molecule has 102 valence electrons. The molecule has 0 atom stereocenters. The van der Waals surface area contributed by atoms with Gasteiger partial charge >= 0.3 is 0 Å². The minimum Gasteiger partial charge on any atom is -0.463 e. The Balaban J connectivity index is 1.95. The summed E-state index contributed by atoms with van der Waals surface area (Å²) in [5, 5.41) is 14.0. The molecule has 6 heteroatoms. The summed E-state index contributed by atoms with van der Waals surface area (Å²) in [4.78, 5) is 0. The van der Waals surface area contributed by atoms with Crippen molar-refractivity contribution in [2.24, 2.45) is 0 Å². The number of rotatable bonds is 2. The topological polar surface area (TPSA) is 65.0 Å². The van der Waals surface area contributed by atoms with Gasteiger partial charge in [0, 0.05) is 10.6 Å². The van der Waals surface area contributed by atoms with Crippen molar-refractivity contribution in [2.45, 2.75) is 0 Å². The first-order valence-electron chi connectivity index (χ1n) is 6.23. The van der Waals surface area contributed by atoms with Crippen LogP contribution in [-0.4, -0.2) is 15.4 Å². The summed E-state index contributed by atoms with van der Waals surface area (Å²) in [6.07, 6.45) is 3.14. The minimum absolute atomic E-state index is 0.557. The molecule has 1 aromatic carbocycles. The molecule has 4 aromatic rings. The van der Waals surface area contributed by atoms with E-state index in [1.165, 1.54) is 0 Å². The molecular weight excluding hydrogens is 290 g/mol. The standard InChI is InChI=1S/C15H8ClN3O2/c16-10-5-3-9(4-6-10)13-11-8-21-19-14(11)15(18-17-13)12-2-1-7-20-12/h1-8H. The summed E-state index contributed by atoms with van der Waals surface area (Å²) >= 11 is 5.91. The number of aromatic nitrogens is 3. The maximum Gasteiger partial charge on any atom is 0.158 e. The van der Waals surface area contributed by atoms with Crippen molar-refractivity contribution < 1.29 is 8.94 Å². The van der Waals surface area contributed by atoms with Gasteiger partial charge in [0.15, 0.2) is 11.5 Å². The van der Waals surface area contributed by atoms with Crippen LogP contribution >= 0.6 is 11.6 Å². The number of benzene rings is 1. The molecule has 0 bridgehead atoms. The fourth-order valence-corrected chi connectivity index (χ4v) is 2.30. The highest BCUT2D eigenvalue weighted by atomic mass is 35.5. The quantitative estimate of drug-likeness (QED) is 0.555. The average Bonchev–Trinajstić information content (AvgIpc) is 3.19. The summed E-state index contributed by atoms with van der Waals surface area (Å²) in [7, 11) is 0. The Morgan fingerprint density at radius 1 is 0.952 bits per heavy atom. The van der Waals surface area contributed by atoms with E-state index in [2.05, 4.69) is 15.4 Å². The lowest BCUT2D eigenvalue weighted by Crippen LogP contribution is -1.93. The van der Waals surface area contributed by atoms with Gasteiger partial charge in [-0.3, -0.25) is 0 Å². The Morgan fingerprint density at radius 2 is 1.76 bits per heavy atom. The maximum atomic E-state index is 5.91. The zero-order valence-corrected chi connectivity index (χ0v) is 11.4. The first-order valence-corrected chi connectivity index (χ1v) is 6.61. The van der Waals surface area contributed by atoms with Crippen LogP contribution in [0.4, 0.5) is 0 Å². The van der Waals surface area contributed by atoms with Gasteiger partial charge in [-0.15, -0.1) is 10.2 Å². The lowest BCUT2D eigenvalue weighted by molar-refractivity contribution is 0.428. The zero-order chi connectivity index (χ0) is 14.2. The third-order valence-electron chi connectivity index (χ3n) is 3.17. The highest BCUT2D eigenvalue weighted by molar-refractivity contribution is 6.30. The van der Waals surface area contributed by atoms with Crippen LogP contribution in [0, 0.1) is 0 Å². The molecule has 0 fully saturated rings. The molecule has 21 heavy (non-hydrogen) atoms. The summed E-state index contributed by atoms with van der Waals surface area (Å²) < 4.78 is 10.4. The predicted octanol–water partition coefficient (Wildman–Crippen LogP) is 4.20. The molecule has 0 amide bonds. The molecule has 0 aliphatic rings. The Hall–Kier alpha value is -2.66. The van der Waals surface area contributed by atoms with Crippen molar-refractivity contribution in [3.63, 3.8) is 0 Å². The summed E-state index contributed by atoms with van der Waals surface area (Å²) in [5.74, 6) is 0.601. The molecule has 0 saturated heterocycles. The first kappa shape index (κ1) is 12.1. The van der Waals surface area contributed by atoms with Crippen LogP contribution < -0.4 is 0 Å². The third kappa shape index (κ3) is 1.98. The van der Waals surface area contributed by atoms with Crippen LogP contribution in [0.5, 0.6) is 0 Å². The summed E-state index contributed by atoms with van der Waals surface area (Å²) in [5.41, 5.74) is 2.76. The normalized spacial score (nSPS) is 11.1. The van der Waals surface area contributed by atoms with E-state index in [9.17, 15) is 0 Å². The highest BCUT2D eigenvalue weighted by Crippen LogP contribution is 2.31. The molecule has 0 radical (unpaired) electrons. The third-order valence-corrected chi connectivity index (χ3v) is 3.42. The molecule has 4 rings (SSSR count). The molecule has 5 nitrogen and oxygen atoms in total. The van der Waals surface area contributed by atoms with Crippen LogP contribution in [0.25, 0.3) is 33.6 Å². The largest absolute Gasteiger partial charge is 0.463 e. The number of hydrogen-bond donors (Lipinski definition) is 0. The molecule has 3 aromatic heterocycles. The van der Waals surface area contributed by atoms with Gasteiger partial charge in [0.05, 0.1) is 11.6 Å². The van der Waals surface area contributed by atoms with Gasteiger partial charge in [-0.1, -0.05) is 28.9 Å². The fraction of sp³-hybridized carbons (Fsp3) is 0. The predicted molar refractivity (Wildman–Crippen MR) is 77.7 cm³/mol. The molecule has 0 aliphatic carbocycles. The second kappa shape index (κ2) is 4.71. The second-order valence-electron chi connectivity index (χ2n) is 4.46. The number of nitrogens with zero attached hydrogens (tertiary/aromatic N) is 3. The molecule has 0 aliphatic heterocycles. The summed E-state index contributed by atoms with van der Waals surface area (Å²) in [6.45, 7) is 0. The van der Waals surface area contributed by atoms with Crippen molar-refractivity contribution >= 4 is 22.5 Å². The Kier molecular flexibility index (Phi) is 2.72. The fourth-order valence-electron chi connectivity index (χ4n) is 2.18. The Labute approximate surface area is 124 Å². The van der Waals surface area contributed by atoms with Gasteiger partial charge in [0.25, 0.3) is 0 Å². The van der Waals surface area contributed by atoms with Gasteiger partial charge < -0.3 is 8.94 Å². The van der Waals surface area contributed by atoms with Crippen LogP contribution in [0.1, 0.15) is 0 Å². The van der Waals surface area contributed by atoms with E-state index in [-0.39, 0.29) is 0 Å². The van der Waals surface area contributed by atoms with E-state index in [1.54, 1.807) is 36.8 Å². The van der Waals surface area contributed by atoms with Crippen molar-refractivity contribution in [3.8, 4) is 22.7 Å². The van der Waals surface area contributed by atoms with Crippen molar-refractivity contribution in [3.05, 3.63) is 53.9 Å². The van der Waals surface area contributed by atoms with Gasteiger partial charge in [-0.2, -0.15) is 0 Å². The highest BCUT2D eigenvalue weighted by Gasteiger charge is 2.17. The van der Waals surface area contributed by atoms with Crippen LogP contribution in [0.15, 0.2) is 57.9 Å². The Morgan fingerprint density at radius 3 is 2.52 bits per heavy atom. The second-order valence-corrected chi connectivity index (χ2v) is 4.89. The molecule has 0 spiro atoms. The monoisotopic (exact) mass is 297 g/mol. The van der Waals surface area contributed by atoms with Gasteiger partial charge in [0.1, 0.15) is 17.5 Å². The van der Waals surface area contributed by atoms with Gasteiger partial charge in [-0.25, -0.2) is 0 Å². The Bertz CT molecular complexity index is 898. The van der Waals surface area contributed by atoms with Crippen molar-refractivity contribution in [2.75, 3.05) is 0 Å². The van der Waals surface area contributed by atoms with Crippen LogP contribution in [0.3, 0.4) is 0 Å². The number of furan rings is 1. The first-order chi connectivity index (χ1) is 10.3. The smallest absolute Gasteiger partial charge is 0.158 e. The van der Waals surface area contributed by atoms with E-state index in [0.29, 0.717) is 27.7 Å². The lowest BCUT2D eigenvalue weighted by atomic mass is 10.1. The number of halogens is 1. The van der Waals surface area contributed by atoms with Crippen molar-refractivity contribution in [1.82, 2.24) is 15.4 Å². The molecule has 0 saturated carbocycles. The molecular formula is C15H8ClN3O2. The molecule has 3 heterocycles. The van der Waals surface area contributed by atoms with Crippen molar-refractivity contribution in [1.29, 1.82) is 0 Å². The number of hydrogen-bond acceptors (Lipinski definition) is 5. The lowest BCUT2D eigenvalue weighted by Gasteiger charge is -2.03. The van der Waals surface area contributed by atoms with E-state index in [4.69, 9.17) is 20.5 Å². The number of fused-ring (bicyclic) bond motifs is 1. The van der Waals surface area contributed by atoms with Gasteiger partial charge in [0.2, 0.25) is 0 Å². The minimum atomic E-state index is 0.557. The summed E-state index contributed by atoms with van der Waals surface area (Å²) in [6, 6.07) is 11.0. The maximum absolute atomic E-state index is 5.91. The van der Waals surface area contributed by atoms with E-state index >= 15 is 0 Å². The van der Waals surface area contributed by atoms with E-state index in [0.717, 1.165) is 10.9 Å². The van der Waals surface area contributed by atoms with E-state index in [1.807, 2.05) is 12.1 Å². The van der Waals surface area contributed by atoms with Crippen LogP contribution in [-0.2, 0) is 0 Å². The van der Waals surface area contributed by atoms with E-state index < -0.39 is 0 Å². The van der Waals surface area contributed by atoms with Crippen LogP contribution in [0.2, 0.25) is 5.02 Å². The average molecular weight is 298 g/mol. The molecule has 0 N–H and O–H groups in total. The molecule has 0 unspecified atom stereocenters. The zero-order valence-electron chi connectivity index (χ0n) is 10.7.